The van der Waals surface area contributed by atoms with Crippen molar-refractivity contribution in [1.29, 1.82) is 0 Å². The number of benzene rings is 3. The number of fused-ring (bicyclic) bond motifs is 1. The first kappa shape index (κ1) is 36.9. The van der Waals surface area contributed by atoms with E-state index in [-0.39, 0.29) is 30.6 Å². The van der Waals surface area contributed by atoms with Crippen LogP contribution in [0.5, 0.6) is 0 Å². The van der Waals surface area contributed by atoms with E-state index < -0.39 is 6.29 Å². The molecular weight excluding hydrogens is 612 g/mol. The van der Waals surface area contributed by atoms with Crippen molar-refractivity contribution in [1.82, 2.24) is 4.90 Å². The third kappa shape index (κ3) is 10.1. The highest BCUT2D eigenvalue weighted by atomic mass is 16.7. The van der Waals surface area contributed by atoms with E-state index in [9.17, 15) is 14.7 Å². The summed E-state index contributed by atoms with van der Waals surface area (Å²) in [5.74, 6) is -0.633. The van der Waals surface area contributed by atoms with Crippen molar-refractivity contribution < 1.29 is 24.2 Å². The van der Waals surface area contributed by atoms with Crippen LogP contribution in [0.3, 0.4) is 0 Å². The number of rotatable bonds is 20. The van der Waals surface area contributed by atoms with E-state index in [0.29, 0.717) is 16.8 Å². The van der Waals surface area contributed by atoms with Gasteiger partial charge in [-0.05, 0) is 61.3 Å². The highest BCUT2D eigenvalue weighted by Gasteiger charge is 2.38. The predicted molar refractivity (Wildman–Crippen MR) is 196 cm³/mol. The molecule has 1 saturated heterocycles. The van der Waals surface area contributed by atoms with Crippen molar-refractivity contribution in [2.75, 3.05) is 24.5 Å². The zero-order valence-corrected chi connectivity index (χ0v) is 29.7. The lowest BCUT2D eigenvalue weighted by atomic mass is 9.99. The zero-order chi connectivity index (χ0) is 34.4. The van der Waals surface area contributed by atoms with Crippen LogP contribution in [-0.2, 0) is 16.1 Å². The number of carbonyl (C=O) groups is 2. The number of anilines is 1. The molecule has 3 aromatic carbocycles. The van der Waals surface area contributed by atoms with Crippen LogP contribution in [0.4, 0.5) is 5.69 Å². The lowest BCUT2D eigenvalue weighted by Crippen LogP contribution is -2.40. The Hall–Kier alpha value is -3.36. The Morgan fingerprint density at radius 2 is 1.29 bits per heavy atom. The second-order valence-corrected chi connectivity index (χ2v) is 13.8. The first-order valence-corrected chi connectivity index (χ1v) is 18.8. The summed E-state index contributed by atoms with van der Waals surface area (Å²) in [4.78, 5) is 30.5. The topological polar surface area (TPSA) is 79.3 Å². The Balaban J connectivity index is 1.33. The van der Waals surface area contributed by atoms with Crippen LogP contribution < -0.4 is 4.90 Å². The molecule has 0 aromatic heterocycles. The normalized spacial score (nSPS) is 19.2. The van der Waals surface area contributed by atoms with Gasteiger partial charge in [0.05, 0.1) is 35.6 Å². The average Bonchev–Trinajstić information content (AvgIpc) is 3.39. The van der Waals surface area contributed by atoms with Gasteiger partial charge in [-0.2, -0.15) is 0 Å². The summed E-state index contributed by atoms with van der Waals surface area (Å²) in [7, 11) is 0. The van der Waals surface area contributed by atoms with Gasteiger partial charge in [-0.25, -0.2) is 4.90 Å². The molecule has 1 fully saturated rings. The number of carbonyl (C=O) groups excluding carboxylic acids is 2. The van der Waals surface area contributed by atoms with Crippen LogP contribution in [0.25, 0.3) is 0 Å². The maximum atomic E-state index is 13.3. The molecule has 0 saturated carbocycles. The average molecular weight is 669 g/mol. The number of aliphatic hydroxyl groups is 1. The maximum absolute atomic E-state index is 13.3. The first-order chi connectivity index (χ1) is 24.0. The van der Waals surface area contributed by atoms with Crippen molar-refractivity contribution >= 4 is 17.5 Å². The third-order valence-electron chi connectivity index (χ3n) is 9.93. The second kappa shape index (κ2) is 19.1. The molecule has 2 aliphatic rings. The smallest absolute Gasteiger partial charge is 0.266 e. The van der Waals surface area contributed by atoms with Crippen LogP contribution in [0.2, 0.25) is 0 Å². The molecule has 0 aliphatic carbocycles. The minimum atomic E-state index is -0.665. The number of aliphatic hydroxyl groups excluding tert-OH is 1. The highest BCUT2D eigenvalue weighted by molar-refractivity contribution is 6.34. The van der Waals surface area contributed by atoms with Crippen molar-refractivity contribution in [3.8, 4) is 0 Å². The van der Waals surface area contributed by atoms with E-state index >= 15 is 0 Å². The van der Waals surface area contributed by atoms with Crippen molar-refractivity contribution in [3.63, 3.8) is 0 Å². The molecule has 2 aliphatic heterocycles. The molecule has 0 spiro atoms. The number of unbranched alkanes of at least 4 members (excludes halogenated alkanes) is 10. The quantitative estimate of drug-likeness (QED) is 0.0955. The molecule has 7 heteroatoms. The zero-order valence-electron chi connectivity index (χ0n) is 29.7. The van der Waals surface area contributed by atoms with E-state index in [4.69, 9.17) is 9.47 Å². The van der Waals surface area contributed by atoms with Crippen LogP contribution in [0.15, 0.2) is 72.8 Å². The lowest BCUT2D eigenvalue weighted by Gasteiger charge is -2.38. The fourth-order valence-electron chi connectivity index (χ4n) is 7.08. The predicted octanol–water partition coefficient (Wildman–Crippen LogP) is 9.55. The summed E-state index contributed by atoms with van der Waals surface area (Å²) in [6.45, 7) is 7.48. The van der Waals surface area contributed by atoms with Crippen molar-refractivity contribution in [2.45, 2.75) is 122 Å². The van der Waals surface area contributed by atoms with Gasteiger partial charge in [0.25, 0.3) is 11.8 Å². The molecule has 2 amide bonds. The van der Waals surface area contributed by atoms with Gasteiger partial charge in [0, 0.05) is 18.5 Å². The maximum Gasteiger partial charge on any atom is 0.266 e. The van der Waals surface area contributed by atoms with Gasteiger partial charge >= 0.3 is 0 Å². The molecule has 1 N–H and O–H groups in total. The van der Waals surface area contributed by atoms with Gasteiger partial charge < -0.3 is 19.5 Å². The molecular formula is C42H56N2O5. The standard InChI is InChI=1S/C42H56N2O5/c1-3-5-7-9-11-15-26-43(27-16-12-10-8-6-4-2)30-36-29-39(33-24-22-32(31-45)23-25-33)49-42(48-36)34-18-17-19-35(28-34)44-40(46)37-20-13-14-21-38(37)41(44)47/h13-14,17-25,28,36,39,42,45H,3-12,15-16,26-27,29-31H2,1-2H3. The third-order valence-corrected chi connectivity index (χ3v) is 9.93. The minimum absolute atomic E-state index is 0.00336. The van der Waals surface area contributed by atoms with E-state index in [1.54, 1.807) is 30.3 Å². The highest BCUT2D eigenvalue weighted by Crippen LogP contribution is 2.40. The van der Waals surface area contributed by atoms with Crippen LogP contribution in [0.1, 0.15) is 147 Å². The Labute approximate surface area is 293 Å². The van der Waals surface area contributed by atoms with Gasteiger partial charge in [-0.3, -0.25) is 9.59 Å². The van der Waals surface area contributed by atoms with Gasteiger partial charge in [0.2, 0.25) is 0 Å². The van der Waals surface area contributed by atoms with Gasteiger partial charge in [0.15, 0.2) is 6.29 Å². The van der Waals surface area contributed by atoms with Gasteiger partial charge in [-0.15, -0.1) is 0 Å². The summed E-state index contributed by atoms with van der Waals surface area (Å²) in [6.07, 6.45) is 15.1. The molecule has 2 heterocycles. The summed E-state index contributed by atoms with van der Waals surface area (Å²) in [6, 6.07) is 22.4. The van der Waals surface area contributed by atoms with Crippen LogP contribution >= 0.6 is 0 Å². The SMILES string of the molecule is CCCCCCCCN(CCCCCCCC)CC1CC(c2ccc(CO)cc2)OC(c2cccc(N3C(=O)c4ccccc4C3=O)c2)O1. The number of nitrogens with zero attached hydrogens (tertiary/aromatic N) is 2. The van der Waals surface area contributed by atoms with E-state index in [1.165, 1.54) is 81.9 Å². The number of hydrogen-bond donors (Lipinski definition) is 1. The number of amides is 2. The van der Waals surface area contributed by atoms with Crippen molar-refractivity contribution in [2.24, 2.45) is 0 Å². The van der Waals surface area contributed by atoms with E-state index in [1.807, 2.05) is 42.5 Å². The summed E-state index contributed by atoms with van der Waals surface area (Å²) in [5, 5.41) is 9.64. The molecule has 3 unspecified atom stereocenters. The fourth-order valence-corrected chi connectivity index (χ4v) is 7.08. The molecule has 5 rings (SSSR count). The van der Waals surface area contributed by atoms with E-state index in [2.05, 4.69) is 18.7 Å². The summed E-state index contributed by atoms with van der Waals surface area (Å²) < 4.78 is 13.4. The Kier molecular flexibility index (Phi) is 14.4. The Bertz CT molecular complexity index is 1420. The van der Waals surface area contributed by atoms with Gasteiger partial charge in [0.1, 0.15) is 0 Å². The van der Waals surface area contributed by atoms with Crippen molar-refractivity contribution in [3.05, 3.63) is 101 Å². The molecule has 3 atom stereocenters. The van der Waals surface area contributed by atoms with E-state index in [0.717, 1.165) is 42.7 Å². The number of ether oxygens (including phenoxy) is 2. The van der Waals surface area contributed by atoms with Gasteiger partial charge in [-0.1, -0.05) is 127 Å². The molecule has 7 nitrogen and oxygen atoms in total. The molecule has 3 aromatic rings. The Morgan fingerprint density at radius 1 is 0.694 bits per heavy atom. The summed E-state index contributed by atoms with van der Waals surface area (Å²) >= 11 is 0. The molecule has 0 bridgehead atoms. The number of hydrogen-bond acceptors (Lipinski definition) is 6. The summed E-state index contributed by atoms with van der Waals surface area (Å²) in [5.41, 5.74) is 4.03. The molecule has 0 radical (unpaired) electrons. The first-order valence-electron chi connectivity index (χ1n) is 18.8. The molecule has 49 heavy (non-hydrogen) atoms. The monoisotopic (exact) mass is 668 g/mol. The number of imide groups is 1. The minimum Gasteiger partial charge on any atom is -0.392 e. The second-order valence-electron chi connectivity index (χ2n) is 13.8. The van der Waals surface area contributed by atoms with Crippen LogP contribution in [0, 0.1) is 0 Å². The van der Waals surface area contributed by atoms with Crippen LogP contribution in [-0.4, -0.2) is 47.6 Å². The fraction of sp³-hybridized carbons (Fsp3) is 0.524. The largest absolute Gasteiger partial charge is 0.392 e. The lowest BCUT2D eigenvalue weighted by molar-refractivity contribution is -0.253. The molecule has 264 valence electrons. The Morgan fingerprint density at radius 3 is 1.88 bits per heavy atom.